The van der Waals surface area contributed by atoms with Crippen molar-refractivity contribution in [1.29, 1.82) is 0 Å². The van der Waals surface area contributed by atoms with E-state index < -0.39 is 11.9 Å². The number of thiophene rings is 1. The van der Waals surface area contributed by atoms with Crippen molar-refractivity contribution in [1.82, 2.24) is 15.2 Å². The molecule has 0 aliphatic heterocycles. The standard InChI is InChI=1S/C25H24FN3O3S/c1-29(12-13-32-22-10-5-3-8-19(22)26)25(31)21(28-24(30)23-11-6-14-33-23)15-17-16-27-20-9-4-2-7-18(17)20/h2-11,14,16,21,27H,12-13,15H2,1H3,(H,28,30)/t21-/m0/s1. The maximum atomic E-state index is 13.8. The number of nitrogens with zero attached hydrogens (tertiary/aromatic N) is 1. The highest BCUT2D eigenvalue weighted by Gasteiger charge is 2.26. The van der Waals surface area contributed by atoms with E-state index >= 15 is 0 Å². The summed E-state index contributed by atoms with van der Waals surface area (Å²) >= 11 is 1.32. The van der Waals surface area contributed by atoms with E-state index in [1.54, 1.807) is 31.3 Å². The summed E-state index contributed by atoms with van der Waals surface area (Å²) in [6.07, 6.45) is 2.20. The zero-order valence-electron chi connectivity index (χ0n) is 18.1. The summed E-state index contributed by atoms with van der Waals surface area (Å²) in [4.78, 5) is 31.3. The lowest BCUT2D eigenvalue weighted by Crippen LogP contribution is -2.49. The van der Waals surface area contributed by atoms with Gasteiger partial charge in [-0.2, -0.15) is 0 Å². The molecule has 4 aromatic rings. The van der Waals surface area contributed by atoms with Gasteiger partial charge in [0.1, 0.15) is 12.6 Å². The van der Waals surface area contributed by atoms with E-state index in [2.05, 4.69) is 10.3 Å². The molecule has 8 heteroatoms. The lowest BCUT2D eigenvalue weighted by atomic mass is 10.0. The third kappa shape index (κ3) is 5.40. The molecule has 0 saturated carbocycles. The first-order chi connectivity index (χ1) is 16.0. The number of aromatic amines is 1. The fourth-order valence-electron chi connectivity index (χ4n) is 3.59. The zero-order chi connectivity index (χ0) is 23.2. The number of likely N-dealkylation sites (N-methyl/N-ethyl adjacent to an activating group) is 1. The normalized spacial score (nSPS) is 11.8. The number of nitrogens with one attached hydrogen (secondary N) is 2. The Balaban J connectivity index is 1.47. The summed E-state index contributed by atoms with van der Waals surface area (Å²) in [5, 5.41) is 5.71. The van der Waals surface area contributed by atoms with Gasteiger partial charge in [0.05, 0.1) is 11.4 Å². The summed E-state index contributed by atoms with van der Waals surface area (Å²) in [6, 6.07) is 16.7. The van der Waals surface area contributed by atoms with Crippen LogP contribution in [0.4, 0.5) is 4.39 Å². The fourth-order valence-corrected chi connectivity index (χ4v) is 4.22. The quantitative estimate of drug-likeness (QED) is 0.388. The molecule has 2 N–H and O–H groups in total. The van der Waals surface area contributed by atoms with Crippen molar-refractivity contribution in [3.63, 3.8) is 0 Å². The number of hydrogen-bond acceptors (Lipinski definition) is 4. The number of halogens is 1. The number of hydrogen-bond donors (Lipinski definition) is 2. The van der Waals surface area contributed by atoms with E-state index in [1.807, 2.05) is 35.8 Å². The van der Waals surface area contributed by atoms with Crippen molar-refractivity contribution < 1.29 is 18.7 Å². The highest BCUT2D eigenvalue weighted by atomic mass is 32.1. The first kappa shape index (κ1) is 22.5. The van der Waals surface area contributed by atoms with Crippen molar-refractivity contribution in [2.75, 3.05) is 20.2 Å². The molecule has 6 nitrogen and oxygen atoms in total. The summed E-state index contributed by atoms with van der Waals surface area (Å²) < 4.78 is 19.2. The number of ether oxygens (including phenoxy) is 1. The molecule has 0 spiro atoms. The van der Waals surface area contributed by atoms with Crippen molar-refractivity contribution >= 4 is 34.1 Å². The smallest absolute Gasteiger partial charge is 0.262 e. The van der Waals surface area contributed by atoms with Crippen molar-refractivity contribution in [3.8, 4) is 5.75 Å². The van der Waals surface area contributed by atoms with Gasteiger partial charge in [-0.3, -0.25) is 9.59 Å². The number of aromatic nitrogens is 1. The summed E-state index contributed by atoms with van der Waals surface area (Å²) in [5.41, 5.74) is 1.90. The lowest BCUT2D eigenvalue weighted by Gasteiger charge is -2.24. The molecule has 0 unspecified atom stereocenters. The first-order valence-electron chi connectivity index (χ1n) is 10.5. The Bertz CT molecular complexity index is 1240. The molecule has 2 aromatic heterocycles. The van der Waals surface area contributed by atoms with Crippen molar-refractivity contribution in [3.05, 3.63) is 88.5 Å². The molecule has 33 heavy (non-hydrogen) atoms. The number of para-hydroxylation sites is 2. The maximum absolute atomic E-state index is 13.8. The first-order valence-corrected chi connectivity index (χ1v) is 11.4. The predicted octanol–water partition coefficient (Wildman–Crippen LogP) is 4.25. The highest BCUT2D eigenvalue weighted by molar-refractivity contribution is 7.12. The van der Waals surface area contributed by atoms with Gasteiger partial charge in [-0.05, 0) is 35.2 Å². The van der Waals surface area contributed by atoms with Gasteiger partial charge in [0.2, 0.25) is 5.91 Å². The Morgan fingerprint density at radius 2 is 1.91 bits per heavy atom. The van der Waals surface area contributed by atoms with Crippen molar-refractivity contribution in [2.45, 2.75) is 12.5 Å². The molecule has 170 valence electrons. The number of carbonyl (C=O) groups excluding carboxylic acids is 2. The molecule has 2 heterocycles. The molecule has 0 radical (unpaired) electrons. The van der Waals surface area contributed by atoms with Crippen LogP contribution in [0.25, 0.3) is 10.9 Å². The van der Waals surface area contributed by atoms with E-state index in [9.17, 15) is 14.0 Å². The number of H-pyrrole nitrogens is 1. The largest absolute Gasteiger partial charge is 0.489 e. The van der Waals surface area contributed by atoms with Gasteiger partial charge >= 0.3 is 0 Å². The minimum Gasteiger partial charge on any atom is -0.489 e. The number of benzene rings is 2. The van der Waals surface area contributed by atoms with Crippen LogP contribution in [0.1, 0.15) is 15.2 Å². The molecule has 0 saturated heterocycles. The molecule has 4 rings (SSSR count). The van der Waals surface area contributed by atoms with E-state index in [4.69, 9.17) is 4.74 Å². The molecule has 2 amide bonds. The van der Waals surface area contributed by atoms with E-state index in [-0.39, 0.29) is 30.7 Å². The van der Waals surface area contributed by atoms with Gasteiger partial charge in [-0.15, -0.1) is 11.3 Å². The van der Waals surface area contributed by atoms with Crippen LogP contribution in [-0.2, 0) is 11.2 Å². The molecule has 1 atom stereocenters. The zero-order valence-corrected chi connectivity index (χ0v) is 18.9. The van der Waals surface area contributed by atoms with Crippen LogP contribution in [0.5, 0.6) is 5.75 Å². The Kier molecular flexibility index (Phi) is 7.04. The summed E-state index contributed by atoms with van der Waals surface area (Å²) in [5.74, 6) is -0.854. The second-order valence-electron chi connectivity index (χ2n) is 7.61. The minimum absolute atomic E-state index is 0.127. The van der Waals surface area contributed by atoms with Gasteiger partial charge < -0.3 is 19.9 Å². The summed E-state index contributed by atoms with van der Waals surface area (Å²) in [7, 11) is 1.65. The molecule has 0 aliphatic carbocycles. The Morgan fingerprint density at radius 3 is 2.70 bits per heavy atom. The van der Waals surface area contributed by atoms with Crippen LogP contribution in [-0.4, -0.2) is 47.9 Å². The third-order valence-electron chi connectivity index (χ3n) is 5.34. The monoisotopic (exact) mass is 465 g/mol. The maximum Gasteiger partial charge on any atom is 0.262 e. The Hall–Kier alpha value is -3.65. The molecular weight excluding hydrogens is 441 g/mol. The van der Waals surface area contributed by atoms with E-state index in [0.29, 0.717) is 11.3 Å². The second-order valence-corrected chi connectivity index (χ2v) is 8.55. The van der Waals surface area contributed by atoms with Crippen LogP contribution in [0, 0.1) is 5.82 Å². The Labute approximate surface area is 195 Å². The lowest BCUT2D eigenvalue weighted by molar-refractivity contribution is -0.132. The fraction of sp³-hybridized carbons (Fsp3) is 0.200. The molecule has 0 fully saturated rings. The average Bonchev–Trinajstić information content (AvgIpc) is 3.50. The minimum atomic E-state index is -0.766. The van der Waals surface area contributed by atoms with Crippen LogP contribution in [0.3, 0.4) is 0 Å². The van der Waals surface area contributed by atoms with E-state index in [0.717, 1.165) is 16.5 Å². The second kappa shape index (κ2) is 10.3. The number of fused-ring (bicyclic) bond motifs is 1. The molecule has 0 bridgehead atoms. The third-order valence-corrected chi connectivity index (χ3v) is 6.21. The van der Waals surface area contributed by atoms with Gasteiger partial charge in [0.15, 0.2) is 11.6 Å². The van der Waals surface area contributed by atoms with Crippen LogP contribution in [0.15, 0.2) is 72.2 Å². The Morgan fingerprint density at radius 1 is 1.12 bits per heavy atom. The van der Waals surface area contributed by atoms with Gasteiger partial charge in [-0.25, -0.2) is 4.39 Å². The number of carbonyl (C=O) groups is 2. The predicted molar refractivity (Wildman–Crippen MR) is 127 cm³/mol. The van der Waals surface area contributed by atoms with E-state index in [1.165, 1.54) is 28.4 Å². The summed E-state index contributed by atoms with van der Waals surface area (Å²) in [6.45, 7) is 0.369. The van der Waals surface area contributed by atoms with Gasteiger partial charge in [0, 0.05) is 30.6 Å². The molecule has 2 aromatic carbocycles. The van der Waals surface area contributed by atoms with Crippen LogP contribution >= 0.6 is 11.3 Å². The van der Waals surface area contributed by atoms with Crippen LogP contribution in [0.2, 0.25) is 0 Å². The van der Waals surface area contributed by atoms with Gasteiger partial charge in [0.25, 0.3) is 5.91 Å². The highest BCUT2D eigenvalue weighted by Crippen LogP contribution is 2.20. The molecule has 0 aliphatic rings. The molecular formula is C25H24FN3O3S. The van der Waals surface area contributed by atoms with Gasteiger partial charge in [-0.1, -0.05) is 36.4 Å². The van der Waals surface area contributed by atoms with Crippen molar-refractivity contribution in [2.24, 2.45) is 0 Å². The number of rotatable bonds is 9. The number of amides is 2. The average molecular weight is 466 g/mol. The topological polar surface area (TPSA) is 74.4 Å². The SMILES string of the molecule is CN(CCOc1ccccc1F)C(=O)[C@H](Cc1c[nH]c2ccccc12)NC(=O)c1cccs1. The van der Waals surface area contributed by atoms with Crippen LogP contribution < -0.4 is 10.1 Å².